The first-order valence-corrected chi connectivity index (χ1v) is 5.97. The Kier molecular flexibility index (Phi) is 2.76. The molecule has 2 heterocycles. The molecule has 4 heteroatoms. The number of nitrogens with zero attached hydrogens (tertiary/aromatic N) is 2. The van der Waals surface area contributed by atoms with Gasteiger partial charge in [-0.3, -0.25) is 0 Å². The maximum atomic E-state index is 5.66. The molecule has 0 amide bonds. The summed E-state index contributed by atoms with van der Waals surface area (Å²) in [6.07, 6.45) is 3.20. The molecule has 0 saturated carbocycles. The second-order valence-corrected chi connectivity index (χ2v) is 4.28. The number of aryl methyl sites for hydroxylation is 1. The highest BCUT2D eigenvalue weighted by atomic mass is 16.3. The van der Waals surface area contributed by atoms with Crippen LogP contribution in [-0.4, -0.2) is 9.97 Å². The molecule has 0 bridgehead atoms. The number of oxazole rings is 1. The van der Waals surface area contributed by atoms with E-state index < -0.39 is 0 Å². The van der Waals surface area contributed by atoms with Crippen LogP contribution in [0.25, 0.3) is 22.6 Å². The Labute approximate surface area is 110 Å². The molecular formula is C15H13N3O. The maximum absolute atomic E-state index is 5.66. The Morgan fingerprint density at radius 1 is 1.00 bits per heavy atom. The third kappa shape index (κ3) is 2.20. The molecule has 94 valence electrons. The van der Waals surface area contributed by atoms with Gasteiger partial charge in [0, 0.05) is 16.8 Å². The zero-order valence-electron chi connectivity index (χ0n) is 10.5. The molecule has 3 aromatic rings. The molecular weight excluding hydrogens is 238 g/mol. The number of benzene rings is 1. The van der Waals surface area contributed by atoms with E-state index in [0.717, 1.165) is 22.4 Å². The Morgan fingerprint density at radius 3 is 2.37 bits per heavy atom. The van der Waals surface area contributed by atoms with Crippen molar-refractivity contribution in [2.24, 2.45) is 0 Å². The predicted octanol–water partition coefficient (Wildman–Crippen LogP) is 3.29. The lowest BCUT2D eigenvalue weighted by Gasteiger charge is -2.06. The van der Waals surface area contributed by atoms with Crippen LogP contribution in [0.3, 0.4) is 0 Å². The van der Waals surface area contributed by atoms with Crippen molar-refractivity contribution in [2.75, 3.05) is 5.73 Å². The number of pyridine rings is 1. The third-order valence-electron chi connectivity index (χ3n) is 2.98. The zero-order valence-corrected chi connectivity index (χ0v) is 10.5. The minimum Gasteiger partial charge on any atom is -0.445 e. The van der Waals surface area contributed by atoms with Gasteiger partial charge in [-0.15, -0.1) is 0 Å². The molecule has 0 spiro atoms. The lowest BCUT2D eigenvalue weighted by molar-refractivity contribution is 0.574. The molecule has 0 fully saturated rings. The minimum absolute atomic E-state index is 0.539. The molecule has 0 unspecified atom stereocenters. The van der Waals surface area contributed by atoms with Gasteiger partial charge >= 0.3 is 0 Å². The molecule has 0 atom stereocenters. The molecule has 19 heavy (non-hydrogen) atoms. The van der Waals surface area contributed by atoms with Gasteiger partial charge < -0.3 is 10.2 Å². The summed E-state index contributed by atoms with van der Waals surface area (Å²) in [5, 5.41) is 0. The van der Waals surface area contributed by atoms with E-state index in [2.05, 4.69) is 9.97 Å². The second kappa shape index (κ2) is 4.57. The molecule has 0 aliphatic heterocycles. The first-order chi connectivity index (χ1) is 9.24. The molecule has 0 aliphatic carbocycles. The highest BCUT2D eigenvalue weighted by Crippen LogP contribution is 2.26. The Bertz CT molecular complexity index is 688. The topological polar surface area (TPSA) is 64.9 Å². The minimum atomic E-state index is 0.539. The fourth-order valence-electron chi connectivity index (χ4n) is 2.04. The van der Waals surface area contributed by atoms with Gasteiger partial charge in [-0.25, -0.2) is 9.97 Å². The molecule has 2 N–H and O–H groups in total. The number of hydrogen-bond acceptors (Lipinski definition) is 4. The largest absolute Gasteiger partial charge is 0.445 e. The summed E-state index contributed by atoms with van der Waals surface area (Å²) in [5.41, 5.74) is 9.71. The van der Waals surface area contributed by atoms with E-state index in [4.69, 9.17) is 10.2 Å². The lowest BCUT2D eigenvalue weighted by Crippen LogP contribution is -1.94. The summed E-state index contributed by atoms with van der Waals surface area (Å²) >= 11 is 0. The summed E-state index contributed by atoms with van der Waals surface area (Å²) in [6, 6.07) is 11.8. The molecule has 3 rings (SSSR count). The van der Waals surface area contributed by atoms with Crippen LogP contribution in [0.5, 0.6) is 0 Å². The zero-order chi connectivity index (χ0) is 13.2. The average Bonchev–Trinajstić information content (AvgIpc) is 2.93. The van der Waals surface area contributed by atoms with E-state index in [0.29, 0.717) is 11.7 Å². The highest BCUT2D eigenvalue weighted by molar-refractivity contribution is 5.69. The van der Waals surface area contributed by atoms with Gasteiger partial charge in [0.2, 0.25) is 5.89 Å². The van der Waals surface area contributed by atoms with Gasteiger partial charge in [0.15, 0.2) is 0 Å². The van der Waals surface area contributed by atoms with Crippen molar-refractivity contribution < 1.29 is 4.42 Å². The van der Waals surface area contributed by atoms with Crippen LogP contribution in [0.2, 0.25) is 0 Å². The van der Waals surface area contributed by atoms with Gasteiger partial charge in [-0.05, 0) is 36.8 Å². The predicted molar refractivity (Wildman–Crippen MR) is 74.3 cm³/mol. The van der Waals surface area contributed by atoms with E-state index in [9.17, 15) is 0 Å². The van der Waals surface area contributed by atoms with Crippen molar-refractivity contribution >= 4 is 5.82 Å². The first kappa shape index (κ1) is 11.5. The van der Waals surface area contributed by atoms with Crippen LogP contribution in [0.15, 0.2) is 53.3 Å². The molecule has 0 radical (unpaired) electrons. The molecule has 4 nitrogen and oxygen atoms in total. The van der Waals surface area contributed by atoms with Crippen LogP contribution in [0, 0.1) is 6.92 Å². The molecule has 0 saturated heterocycles. The van der Waals surface area contributed by atoms with E-state index >= 15 is 0 Å². The normalized spacial score (nSPS) is 10.6. The lowest BCUT2D eigenvalue weighted by atomic mass is 10.0. The quantitative estimate of drug-likeness (QED) is 0.759. The van der Waals surface area contributed by atoms with E-state index in [1.54, 1.807) is 12.5 Å². The van der Waals surface area contributed by atoms with Crippen molar-refractivity contribution in [3.63, 3.8) is 0 Å². The fraction of sp³-hybridized carbons (Fsp3) is 0.0667. The monoisotopic (exact) mass is 251 g/mol. The van der Waals surface area contributed by atoms with Crippen LogP contribution >= 0.6 is 0 Å². The van der Waals surface area contributed by atoms with Gasteiger partial charge in [0.05, 0.1) is 6.20 Å². The van der Waals surface area contributed by atoms with Crippen LogP contribution in [0.1, 0.15) is 5.69 Å². The fourth-order valence-corrected chi connectivity index (χ4v) is 2.04. The number of rotatable bonds is 2. The maximum Gasteiger partial charge on any atom is 0.225 e. The van der Waals surface area contributed by atoms with Crippen LogP contribution in [-0.2, 0) is 0 Å². The van der Waals surface area contributed by atoms with E-state index in [1.807, 2.05) is 43.3 Å². The SMILES string of the molecule is Cc1nc(N)ccc1-c1ccc(-c2ncco2)cc1. The van der Waals surface area contributed by atoms with Gasteiger partial charge in [0.1, 0.15) is 12.1 Å². The Balaban J connectivity index is 1.98. The van der Waals surface area contributed by atoms with Crippen LogP contribution < -0.4 is 5.73 Å². The number of anilines is 1. The van der Waals surface area contributed by atoms with Crippen molar-refractivity contribution in [3.8, 4) is 22.6 Å². The van der Waals surface area contributed by atoms with Gasteiger partial charge in [-0.1, -0.05) is 12.1 Å². The average molecular weight is 251 g/mol. The summed E-state index contributed by atoms with van der Waals surface area (Å²) in [4.78, 5) is 8.39. The molecule has 1 aromatic carbocycles. The molecule has 0 aliphatic rings. The first-order valence-electron chi connectivity index (χ1n) is 5.97. The highest BCUT2D eigenvalue weighted by Gasteiger charge is 2.06. The number of hydrogen-bond donors (Lipinski definition) is 1. The second-order valence-electron chi connectivity index (χ2n) is 4.28. The van der Waals surface area contributed by atoms with Crippen molar-refractivity contribution in [2.45, 2.75) is 6.92 Å². The standard InChI is InChI=1S/C15H13N3O/c1-10-13(6-7-14(16)18-10)11-2-4-12(5-3-11)15-17-8-9-19-15/h2-9H,1H3,(H2,16,18). The summed E-state index contributed by atoms with van der Waals surface area (Å²) in [5.74, 6) is 1.16. The smallest absolute Gasteiger partial charge is 0.225 e. The molecule has 2 aromatic heterocycles. The Morgan fingerprint density at radius 2 is 1.74 bits per heavy atom. The number of nitrogen functional groups attached to an aromatic ring is 1. The number of nitrogens with two attached hydrogens (primary N) is 1. The van der Waals surface area contributed by atoms with Gasteiger partial charge in [-0.2, -0.15) is 0 Å². The number of aromatic nitrogens is 2. The summed E-state index contributed by atoms with van der Waals surface area (Å²) in [7, 11) is 0. The van der Waals surface area contributed by atoms with Gasteiger partial charge in [0.25, 0.3) is 0 Å². The van der Waals surface area contributed by atoms with Crippen LogP contribution in [0.4, 0.5) is 5.82 Å². The summed E-state index contributed by atoms with van der Waals surface area (Å²) in [6.45, 7) is 1.95. The van der Waals surface area contributed by atoms with Crippen molar-refractivity contribution in [3.05, 3.63) is 54.6 Å². The van der Waals surface area contributed by atoms with Crippen molar-refractivity contribution in [1.82, 2.24) is 9.97 Å². The van der Waals surface area contributed by atoms with E-state index in [-0.39, 0.29) is 0 Å². The van der Waals surface area contributed by atoms with E-state index in [1.165, 1.54) is 0 Å². The Hall–Kier alpha value is -2.62. The third-order valence-corrected chi connectivity index (χ3v) is 2.98. The van der Waals surface area contributed by atoms with Crippen molar-refractivity contribution in [1.29, 1.82) is 0 Å². The summed E-state index contributed by atoms with van der Waals surface area (Å²) < 4.78 is 5.26.